The molecule has 10 nitrogen and oxygen atoms in total. The number of para-hydroxylation sites is 1. The van der Waals surface area contributed by atoms with Gasteiger partial charge in [-0.15, -0.1) is 0 Å². The van der Waals surface area contributed by atoms with E-state index in [0.717, 1.165) is 21.5 Å². The first-order chi connectivity index (χ1) is 21.0. The van der Waals surface area contributed by atoms with Crippen LogP contribution < -0.4 is 9.62 Å². The molecule has 0 bridgehead atoms. The van der Waals surface area contributed by atoms with Gasteiger partial charge in [0.2, 0.25) is 0 Å². The summed E-state index contributed by atoms with van der Waals surface area (Å²) in [6.07, 6.45) is 2.11. The van der Waals surface area contributed by atoms with Crippen molar-refractivity contribution in [1.82, 2.24) is 5.32 Å². The molecule has 0 aliphatic carbocycles. The molecule has 0 aromatic heterocycles. The second-order valence-corrected chi connectivity index (χ2v) is 12.8. The van der Waals surface area contributed by atoms with Crippen molar-refractivity contribution in [2.24, 2.45) is 0 Å². The number of carboxylic acid groups (broad SMARTS) is 1. The number of rotatable bonds is 13. The minimum absolute atomic E-state index is 0.151. The Morgan fingerprint density at radius 2 is 1.66 bits per heavy atom. The second kappa shape index (κ2) is 14.2. The summed E-state index contributed by atoms with van der Waals surface area (Å²) in [6, 6.07) is 24.4. The van der Waals surface area contributed by atoms with Crippen LogP contribution in [0.3, 0.4) is 0 Å². The van der Waals surface area contributed by atoms with Crippen molar-refractivity contribution >= 4 is 45.0 Å². The van der Waals surface area contributed by atoms with E-state index in [4.69, 9.17) is 0 Å². The number of aliphatic carboxylic acids is 1. The van der Waals surface area contributed by atoms with Gasteiger partial charge in [0, 0.05) is 17.7 Å². The number of nitrogens with one attached hydrogen (secondary N) is 1. The van der Waals surface area contributed by atoms with E-state index in [1.807, 2.05) is 37.4 Å². The van der Waals surface area contributed by atoms with Gasteiger partial charge in [0.15, 0.2) is 0 Å². The Bertz CT molecular complexity index is 1780. The minimum Gasteiger partial charge on any atom is -0.480 e. The average Bonchev–Trinajstić information content (AvgIpc) is 3.02. The fourth-order valence-corrected chi connectivity index (χ4v) is 6.64. The normalized spacial score (nSPS) is 11.9. The highest BCUT2D eigenvalue weighted by molar-refractivity contribution is 7.98. The Kier molecular flexibility index (Phi) is 10.4. The van der Waals surface area contributed by atoms with E-state index in [1.54, 1.807) is 48.5 Å². The van der Waals surface area contributed by atoms with Gasteiger partial charge in [-0.05, 0) is 77.9 Å². The molecule has 4 aromatic carbocycles. The number of nitro benzene ring substituents is 1. The summed E-state index contributed by atoms with van der Waals surface area (Å²) in [5, 5.41) is 23.7. The van der Waals surface area contributed by atoms with Gasteiger partial charge in [-0.25, -0.2) is 13.2 Å². The van der Waals surface area contributed by atoms with Crippen molar-refractivity contribution < 1.29 is 28.0 Å². The van der Waals surface area contributed by atoms with E-state index in [2.05, 4.69) is 5.32 Å². The van der Waals surface area contributed by atoms with Crippen LogP contribution in [0.4, 0.5) is 11.4 Å². The van der Waals surface area contributed by atoms with Crippen LogP contribution in [-0.4, -0.2) is 48.4 Å². The van der Waals surface area contributed by atoms with Gasteiger partial charge < -0.3 is 10.4 Å². The van der Waals surface area contributed by atoms with Crippen molar-refractivity contribution in [2.75, 3.05) is 16.3 Å². The van der Waals surface area contributed by atoms with E-state index in [0.29, 0.717) is 22.6 Å². The van der Waals surface area contributed by atoms with E-state index < -0.39 is 32.9 Å². The Morgan fingerprint density at radius 1 is 0.955 bits per heavy atom. The number of anilines is 1. The summed E-state index contributed by atoms with van der Waals surface area (Å²) in [4.78, 5) is 35.8. The standard InChI is InChI=1S/C32H31N3O7S2/c1-22-9-6-7-14-27(22)29-19-23(15-16-28(29)31(36)33-30(32(37)38)17-18-43-2)21-34(24-10-4-3-5-11-24)44(41,42)26-13-8-12-25(20-26)35(39)40/h3-16,19-20,30H,17-18,21H2,1-2H3,(H,33,36)(H,37,38). The zero-order chi connectivity index (χ0) is 31.9. The molecule has 0 fully saturated rings. The lowest BCUT2D eigenvalue weighted by Crippen LogP contribution is -2.41. The predicted octanol–water partition coefficient (Wildman–Crippen LogP) is 5.90. The van der Waals surface area contributed by atoms with Crippen LogP contribution in [0.25, 0.3) is 11.1 Å². The lowest BCUT2D eigenvalue weighted by atomic mass is 9.93. The number of thioether (sulfide) groups is 1. The van der Waals surface area contributed by atoms with E-state index in [9.17, 15) is 33.2 Å². The molecule has 1 atom stereocenters. The number of nitrogens with zero attached hydrogens (tertiary/aromatic N) is 2. The number of carboxylic acids is 1. The molecule has 0 saturated heterocycles. The SMILES string of the molecule is CSCCC(NC(=O)c1ccc(CN(c2ccccc2)S(=O)(=O)c2cccc([N+](=O)[O-])c2)cc1-c1ccccc1C)C(=O)O. The summed E-state index contributed by atoms with van der Waals surface area (Å²) >= 11 is 1.48. The van der Waals surface area contributed by atoms with Gasteiger partial charge >= 0.3 is 5.97 Å². The maximum atomic E-state index is 13.9. The van der Waals surface area contributed by atoms with Crippen molar-refractivity contribution in [3.63, 3.8) is 0 Å². The van der Waals surface area contributed by atoms with E-state index >= 15 is 0 Å². The maximum absolute atomic E-state index is 13.9. The van der Waals surface area contributed by atoms with E-state index in [1.165, 1.54) is 30.0 Å². The molecule has 1 unspecified atom stereocenters. The van der Waals surface area contributed by atoms with Gasteiger partial charge in [0.05, 0.1) is 22.1 Å². The molecule has 228 valence electrons. The first-order valence-corrected chi connectivity index (χ1v) is 16.4. The number of carbonyl (C=O) groups is 2. The van der Waals surface area contributed by atoms with Crippen molar-refractivity contribution in [3.05, 3.63) is 124 Å². The highest BCUT2D eigenvalue weighted by Gasteiger charge is 2.28. The number of nitro groups is 1. The molecular weight excluding hydrogens is 603 g/mol. The summed E-state index contributed by atoms with van der Waals surface area (Å²) in [7, 11) is -4.27. The minimum atomic E-state index is -4.27. The number of sulfonamides is 1. The second-order valence-electron chi connectivity index (χ2n) is 9.94. The third-order valence-corrected chi connectivity index (χ3v) is 9.38. The topological polar surface area (TPSA) is 147 Å². The number of hydrogen-bond donors (Lipinski definition) is 2. The van der Waals surface area contributed by atoms with Crippen LogP contribution in [0.2, 0.25) is 0 Å². The van der Waals surface area contributed by atoms with Crippen molar-refractivity contribution in [3.8, 4) is 11.1 Å². The third kappa shape index (κ3) is 7.44. The van der Waals surface area contributed by atoms with Gasteiger partial charge in [-0.1, -0.05) is 54.6 Å². The summed E-state index contributed by atoms with van der Waals surface area (Å²) in [6.45, 7) is 1.73. The van der Waals surface area contributed by atoms with Crippen molar-refractivity contribution in [2.45, 2.75) is 30.8 Å². The van der Waals surface area contributed by atoms with Gasteiger partial charge in [0.25, 0.3) is 21.6 Å². The molecule has 0 saturated carbocycles. The highest BCUT2D eigenvalue weighted by atomic mass is 32.2. The largest absolute Gasteiger partial charge is 0.480 e. The zero-order valence-electron chi connectivity index (χ0n) is 24.0. The lowest BCUT2D eigenvalue weighted by molar-refractivity contribution is -0.385. The number of hydrogen-bond acceptors (Lipinski definition) is 7. The Balaban J connectivity index is 1.80. The Morgan fingerprint density at radius 3 is 2.32 bits per heavy atom. The molecule has 44 heavy (non-hydrogen) atoms. The predicted molar refractivity (Wildman–Crippen MR) is 171 cm³/mol. The molecule has 4 rings (SSSR count). The molecule has 0 radical (unpaired) electrons. The number of aryl methyl sites for hydroxylation is 1. The fourth-order valence-electron chi connectivity index (χ4n) is 4.67. The van der Waals surface area contributed by atoms with Crippen LogP contribution in [-0.2, 0) is 21.4 Å². The van der Waals surface area contributed by atoms with Crippen LogP contribution >= 0.6 is 11.8 Å². The highest BCUT2D eigenvalue weighted by Crippen LogP contribution is 2.32. The van der Waals surface area contributed by atoms with Crippen LogP contribution in [0.5, 0.6) is 0 Å². The molecule has 0 spiro atoms. The molecule has 0 heterocycles. The zero-order valence-corrected chi connectivity index (χ0v) is 25.7. The first-order valence-electron chi connectivity index (χ1n) is 13.6. The maximum Gasteiger partial charge on any atom is 0.326 e. The molecule has 4 aromatic rings. The summed E-state index contributed by atoms with van der Waals surface area (Å²) in [5.74, 6) is -1.14. The lowest BCUT2D eigenvalue weighted by Gasteiger charge is -2.25. The number of carbonyl (C=O) groups excluding carboxylic acids is 1. The molecule has 1 amide bonds. The summed E-state index contributed by atoms with van der Waals surface area (Å²) < 4.78 is 29.1. The van der Waals surface area contributed by atoms with Gasteiger partial charge in [-0.2, -0.15) is 11.8 Å². The third-order valence-electron chi connectivity index (χ3n) is 6.96. The van der Waals surface area contributed by atoms with Crippen molar-refractivity contribution in [1.29, 1.82) is 0 Å². The Labute approximate surface area is 259 Å². The number of non-ortho nitro benzene ring substituents is 1. The fraction of sp³-hybridized carbons (Fsp3) is 0.188. The first kappa shape index (κ1) is 32.2. The molecule has 0 aliphatic heterocycles. The average molecular weight is 634 g/mol. The van der Waals surface area contributed by atoms with Crippen LogP contribution in [0.1, 0.15) is 27.9 Å². The molecule has 0 aliphatic rings. The Hall–Kier alpha value is -4.68. The summed E-state index contributed by atoms with van der Waals surface area (Å²) in [5.41, 5.74) is 2.86. The quantitative estimate of drug-likeness (QED) is 0.137. The molecular formula is C32H31N3O7S2. The number of benzene rings is 4. The molecule has 2 N–H and O–H groups in total. The monoisotopic (exact) mass is 633 g/mol. The van der Waals surface area contributed by atoms with Gasteiger partial charge in [0.1, 0.15) is 6.04 Å². The van der Waals surface area contributed by atoms with Gasteiger partial charge in [-0.3, -0.25) is 19.2 Å². The van der Waals surface area contributed by atoms with E-state index in [-0.39, 0.29) is 29.1 Å². The number of amides is 1. The molecule has 12 heteroatoms. The van der Waals surface area contributed by atoms with Crippen LogP contribution in [0.15, 0.2) is 102 Å². The van der Waals surface area contributed by atoms with Crippen LogP contribution in [0, 0.1) is 17.0 Å². The smallest absolute Gasteiger partial charge is 0.326 e.